The molecule has 0 spiro atoms. The molecular formula is C19H20Cl2N2O4S. The van der Waals surface area contributed by atoms with Crippen molar-refractivity contribution in [1.29, 1.82) is 0 Å². The Kier molecular flexibility index (Phi) is 6.50. The summed E-state index contributed by atoms with van der Waals surface area (Å²) in [6.45, 7) is 0.264. The highest BCUT2D eigenvalue weighted by Gasteiger charge is 2.38. The van der Waals surface area contributed by atoms with E-state index in [1.807, 2.05) is 0 Å². The number of para-hydroxylation sites is 1. The number of amides is 1. The molecule has 9 heteroatoms. The Balaban J connectivity index is 1.89. The summed E-state index contributed by atoms with van der Waals surface area (Å²) in [5, 5.41) is 3.42. The van der Waals surface area contributed by atoms with Crippen molar-refractivity contribution in [3.05, 3.63) is 52.5 Å². The standard InChI is InChI=1S/C19H20Cl2N2O4S/c1-27-17-7-2-3-8-18(17)28(25,26)23-11-5-4-6-16(23)19(24)22-13-9-10-14(20)15(21)12-13/h2-3,7-10,12,16H,4-6,11H2,1H3,(H,22,24). The van der Waals surface area contributed by atoms with Gasteiger partial charge in [-0.25, -0.2) is 8.42 Å². The Morgan fingerprint density at radius 3 is 2.61 bits per heavy atom. The lowest BCUT2D eigenvalue weighted by Crippen LogP contribution is -2.49. The van der Waals surface area contributed by atoms with E-state index in [0.29, 0.717) is 28.6 Å². The first-order chi connectivity index (χ1) is 13.3. The number of benzene rings is 2. The van der Waals surface area contributed by atoms with E-state index in [1.165, 1.54) is 23.5 Å². The van der Waals surface area contributed by atoms with E-state index in [-0.39, 0.29) is 17.2 Å². The van der Waals surface area contributed by atoms with E-state index >= 15 is 0 Å². The highest BCUT2D eigenvalue weighted by Crippen LogP contribution is 2.31. The van der Waals surface area contributed by atoms with Crippen LogP contribution in [0.5, 0.6) is 5.75 Å². The minimum Gasteiger partial charge on any atom is -0.495 e. The molecule has 0 saturated carbocycles. The molecular weight excluding hydrogens is 423 g/mol. The Morgan fingerprint density at radius 1 is 1.14 bits per heavy atom. The number of piperidine rings is 1. The number of carbonyl (C=O) groups is 1. The summed E-state index contributed by atoms with van der Waals surface area (Å²) in [6, 6.07) is 10.3. The van der Waals surface area contributed by atoms with Crippen LogP contribution in [-0.2, 0) is 14.8 Å². The predicted octanol–water partition coefficient (Wildman–Crippen LogP) is 4.18. The summed E-state index contributed by atoms with van der Waals surface area (Å²) < 4.78 is 33.0. The lowest BCUT2D eigenvalue weighted by atomic mass is 10.0. The summed E-state index contributed by atoms with van der Waals surface area (Å²) in [4.78, 5) is 12.9. The zero-order chi connectivity index (χ0) is 20.3. The fraction of sp³-hybridized carbons (Fsp3) is 0.316. The molecule has 28 heavy (non-hydrogen) atoms. The monoisotopic (exact) mass is 442 g/mol. The van der Waals surface area contributed by atoms with Gasteiger partial charge in [0.1, 0.15) is 16.7 Å². The van der Waals surface area contributed by atoms with Crippen LogP contribution < -0.4 is 10.1 Å². The van der Waals surface area contributed by atoms with Crippen LogP contribution in [0.3, 0.4) is 0 Å². The van der Waals surface area contributed by atoms with E-state index in [9.17, 15) is 13.2 Å². The Bertz CT molecular complexity index is 982. The predicted molar refractivity (Wildman–Crippen MR) is 110 cm³/mol. The van der Waals surface area contributed by atoms with E-state index < -0.39 is 22.0 Å². The molecule has 0 aliphatic carbocycles. The number of carbonyl (C=O) groups excluding carboxylic acids is 1. The molecule has 1 heterocycles. The molecule has 1 aliphatic rings. The van der Waals surface area contributed by atoms with Crippen LogP contribution in [0.1, 0.15) is 19.3 Å². The molecule has 0 bridgehead atoms. The summed E-state index contributed by atoms with van der Waals surface area (Å²) >= 11 is 11.9. The average molecular weight is 443 g/mol. The van der Waals surface area contributed by atoms with Crippen molar-refractivity contribution in [3.8, 4) is 5.75 Å². The second-order valence-corrected chi connectivity index (χ2v) is 9.07. The summed E-state index contributed by atoms with van der Waals surface area (Å²) in [5.41, 5.74) is 0.458. The van der Waals surface area contributed by atoms with Gasteiger partial charge in [-0.2, -0.15) is 4.31 Å². The highest BCUT2D eigenvalue weighted by atomic mass is 35.5. The number of anilines is 1. The SMILES string of the molecule is COc1ccccc1S(=O)(=O)N1CCCCC1C(=O)Nc1ccc(Cl)c(Cl)c1. The van der Waals surface area contributed by atoms with Crippen LogP contribution in [0, 0.1) is 0 Å². The van der Waals surface area contributed by atoms with Gasteiger partial charge < -0.3 is 10.1 Å². The van der Waals surface area contributed by atoms with Gasteiger partial charge in [-0.05, 0) is 43.2 Å². The highest BCUT2D eigenvalue weighted by molar-refractivity contribution is 7.89. The van der Waals surface area contributed by atoms with Crippen LogP contribution in [0.2, 0.25) is 10.0 Å². The molecule has 1 fully saturated rings. The Labute approximate surface area is 174 Å². The Hall–Kier alpha value is -1.80. The van der Waals surface area contributed by atoms with Gasteiger partial charge in [0.15, 0.2) is 0 Å². The minimum absolute atomic E-state index is 0.0479. The normalized spacial score (nSPS) is 17.9. The van der Waals surface area contributed by atoms with E-state index in [0.717, 1.165) is 6.42 Å². The second kappa shape index (κ2) is 8.69. The van der Waals surface area contributed by atoms with Gasteiger partial charge in [-0.3, -0.25) is 4.79 Å². The van der Waals surface area contributed by atoms with Gasteiger partial charge in [0.25, 0.3) is 0 Å². The summed E-state index contributed by atoms with van der Waals surface area (Å²) in [6.07, 6.45) is 1.88. The van der Waals surface area contributed by atoms with Gasteiger partial charge in [-0.1, -0.05) is 41.8 Å². The van der Waals surface area contributed by atoms with Crippen molar-refractivity contribution in [1.82, 2.24) is 4.31 Å². The number of rotatable bonds is 5. The zero-order valence-electron chi connectivity index (χ0n) is 15.2. The molecule has 1 saturated heterocycles. The molecule has 150 valence electrons. The molecule has 0 radical (unpaired) electrons. The average Bonchev–Trinajstić information content (AvgIpc) is 2.70. The van der Waals surface area contributed by atoms with Crippen LogP contribution in [0.4, 0.5) is 5.69 Å². The fourth-order valence-corrected chi connectivity index (χ4v) is 5.32. The third-order valence-corrected chi connectivity index (χ3v) is 7.29. The maximum atomic E-state index is 13.3. The van der Waals surface area contributed by atoms with Crippen LogP contribution >= 0.6 is 23.2 Å². The third kappa shape index (κ3) is 4.27. The fourth-order valence-electron chi connectivity index (χ4n) is 3.21. The van der Waals surface area contributed by atoms with Crippen molar-refractivity contribution in [2.24, 2.45) is 0 Å². The molecule has 3 rings (SSSR count). The van der Waals surface area contributed by atoms with Crippen molar-refractivity contribution in [3.63, 3.8) is 0 Å². The van der Waals surface area contributed by atoms with Gasteiger partial charge in [0.2, 0.25) is 15.9 Å². The van der Waals surface area contributed by atoms with Crippen molar-refractivity contribution in [2.75, 3.05) is 19.0 Å². The smallest absolute Gasteiger partial charge is 0.247 e. The number of nitrogens with one attached hydrogen (secondary N) is 1. The van der Waals surface area contributed by atoms with Crippen molar-refractivity contribution in [2.45, 2.75) is 30.2 Å². The number of hydrogen-bond donors (Lipinski definition) is 1. The van der Waals surface area contributed by atoms with Crippen LogP contribution in [-0.4, -0.2) is 38.3 Å². The first-order valence-corrected chi connectivity index (χ1v) is 10.9. The van der Waals surface area contributed by atoms with Crippen molar-refractivity contribution >= 4 is 44.8 Å². The Morgan fingerprint density at radius 2 is 1.89 bits per heavy atom. The second-order valence-electron chi connectivity index (χ2n) is 6.40. The number of sulfonamides is 1. The molecule has 2 aromatic rings. The zero-order valence-corrected chi connectivity index (χ0v) is 17.5. The molecule has 2 aromatic carbocycles. The van der Waals surface area contributed by atoms with Gasteiger partial charge >= 0.3 is 0 Å². The lowest BCUT2D eigenvalue weighted by Gasteiger charge is -2.33. The molecule has 1 aliphatic heterocycles. The molecule has 1 amide bonds. The molecule has 1 atom stereocenters. The van der Waals surface area contributed by atoms with Crippen LogP contribution in [0.15, 0.2) is 47.4 Å². The maximum absolute atomic E-state index is 13.3. The molecule has 1 N–H and O–H groups in total. The number of ether oxygens (including phenoxy) is 1. The van der Waals surface area contributed by atoms with E-state index in [2.05, 4.69) is 5.32 Å². The van der Waals surface area contributed by atoms with Crippen molar-refractivity contribution < 1.29 is 17.9 Å². The minimum atomic E-state index is -3.91. The van der Waals surface area contributed by atoms with E-state index in [4.69, 9.17) is 27.9 Å². The molecule has 0 aromatic heterocycles. The number of hydrogen-bond acceptors (Lipinski definition) is 4. The topological polar surface area (TPSA) is 75.7 Å². The quantitative estimate of drug-likeness (QED) is 0.752. The van der Waals surface area contributed by atoms with Gasteiger partial charge in [0, 0.05) is 12.2 Å². The maximum Gasteiger partial charge on any atom is 0.247 e. The third-order valence-electron chi connectivity index (χ3n) is 4.60. The largest absolute Gasteiger partial charge is 0.495 e. The number of halogens is 2. The molecule has 1 unspecified atom stereocenters. The first-order valence-electron chi connectivity index (χ1n) is 8.75. The number of nitrogens with zero attached hydrogens (tertiary/aromatic N) is 1. The van der Waals surface area contributed by atoms with E-state index in [1.54, 1.807) is 30.3 Å². The number of methoxy groups -OCH3 is 1. The molecule has 6 nitrogen and oxygen atoms in total. The summed E-state index contributed by atoms with van der Waals surface area (Å²) in [7, 11) is -2.49. The van der Waals surface area contributed by atoms with Gasteiger partial charge in [-0.15, -0.1) is 0 Å². The van der Waals surface area contributed by atoms with Gasteiger partial charge in [0.05, 0.1) is 17.2 Å². The summed E-state index contributed by atoms with van der Waals surface area (Å²) in [5.74, 6) is -0.159. The lowest BCUT2D eigenvalue weighted by molar-refractivity contribution is -0.120. The first kappa shape index (κ1) is 20.9. The van der Waals surface area contributed by atoms with Crippen LogP contribution in [0.25, 0.3) is 0 Å².